The SMILES string of the molecule is CC1C=Cc2[nH]ccc2C1. The van der Waals surface area contributed by atoms with Crippen molar-refractivity contribution in [2.24, 2.45) is 5.92 Å². The molecule has 0 radical (unpaired) electrons. The minimum absolute atomic E-state index is 0.711. The van der Waals surface area contributed by atoms with Crippen LogP contribution < -0.4 is 0 Å². The number of hydrogen-bond donors (Lipinski definition) is 1. The number of allylic oxidation sites excluding steroid dienone is 1. The van der Waals surface area contributed by atoms with Gasteiger partial charge in [-0.25, -0.2) is 0 Å². The Hall–Kier alpha value is -0.980. The maximum atomic E-state index is 3.19. The predicted octanol–water partition coefficient (Wildman–Crippen LogP) is 2.22. The lowest BCUT2D eigenvalue weighted by molar-refractivity contribution is 0.717. The van der Waals surface area contributed by atoms with Crippen molar-refractivity contribution in [2.45, 2.75) is 13.3 Å². The molecule has 0 aliphatic heterocycles. The van der Waals surface area contributed by atoms with Gasteiger partial charge in [-0.2, -0.15) is 0 Å². The van der Waals surface area contributed by atoms with Crippen LogP contribution >= 0.6 is 0 Å². The molecular formula is C9H11N. The zero-order valence-corrected chi connectivity index (χ0v) is 6.09. The normalized spacial score (nSPS) is 22.7. The van der Waals surface area contributed by atoms with E-state index in [1.165, 1.54) is 17.7 Å². The summed E-state index contributed by atoms with van der Waals surface area (Å²) in [7, 11) is 0. The van der Waals surface area contributed by atoms with Crippen molar-refractivity contribution >= 4 is 6.08 Å². The summed E-state index contributed by atoms with van der Waals surface area (Å²) in [6, 6.07) is 2.16. The van der Waals surface area contributed by atoms with Crippen molar-refractivity contribution < 1.29 is 0 Å². The largest absolute Gasteiger partial charge is 0.361 e. The molecule has 1 heteroatoms. The molecule has 0 aromatic carbocycles. The van der Waals surface area contributed by atoms with Crippen LogP contribution in [0.2, 0.25) is 0 Å². The molecule has 0 spiro atoms. The van der Waals surface area contributed by atoms with Gasteiger partial charge in [0.05, 0.1) is 0 Å². The van der Waals surface area contributed by atoms with Crippen molar-refractivity contribution in [2.75, 3.05) is 0 Å². The molecule has 0 bridgehead atoms. The highest BCUT2D eigenvalue weighted by molar-refractivity contribution is 5.52. The monoisotopic (exact) mass is 133 g/mol. The summed E-state index contributed by atoms with van der Waals surface area (Å²) in [6.45, 7) is 2.24. The molecule has 1 aliphatic rings. The van der Waals surface area contributed by atoms with Crippen molar-refractivity contribution in [1.29, 1.82) is 0 Å². The molecule has 0 amide bonds. The van der Waals surface area contributed by atoms with Gasteiger partial charge >= 0.3 is 0 Å². The van der Waals surface area contributed by atoms with Crippen LogP contribution in [0.25, 0.3) is 6.08 Å². The molecule has 2 rings (SSSR count). The highest BCUT2D eigenvalue weighted by atomic mass is 14.7. The minimum Gasteiger partial charge on any atom is -0.361 e. The summed E-state index contributed by atoms with van der Waals surface area (Å²) in [6.07, 6.45) is 7.62. The number of hydrogen-bond acceptors (Lipinski definition) is 0. The van der Waals surface area contributed by atoms with E-state index in [0.717, 1.165) is 0 Å². The first-order valence-electron chi connectivity index (χ1n) is 3.71. The van der Waals surface area contributed by atoms with Gasteiger partial charge in [0, 0.05) is 11.9 Å². The van der Waals surface area contributed by atoms with Crippen molar-refractivity contribution in [3.8, 4) is 0 Å². The van der Waals surface area contributed by atoms with E-state index in [2.05, 4.69) is 30.1 Å². The zero-order valence-electron chi connectivity index (χ0n) is 6.09. The first kappa shape index (κ1) is 5.78. The first-order chi connectivity index (χ1) is 4.86. The molecule has 1 N–H and O–H groups in total. The Balaban J connectivity index is 2.43. The van der Waals surface area contributed by atoms with Crippen LogP contribution in [0, 0.1) is 5.92 Å². The molecular weight excluding hydrogens is 122 g/mol. The Morgan fingerprint density at radius 1 is 1.60 bits per heavy atom. The summed E-state index contributed by atoms with van der Waals surface area (Å²) >= 11 is 0. The number of fused-ring (bicyclic) bond motifs is 1. The fourth-order valence-corrected chi connectivity index (χ4v) is 1.42. The second-order valence-corrected chi connectivity index (χ2v) is 2.96. The van der Waals surface area contributed by atoms with Crippen molar-refractivity contribution in [1.82, 2.24) is 4.98 Å². The van der Waals surface area contributed by atoms with E-state index in [1.54, 1.807) is 0 Å². The molecule has 0 saturated carbocycles. The van der Waals surface area contributed by atoms with Crippen molar-refractivity contribution in [3.05, 3.63) is 29.6 Å². The Labute approximate surface area is 60.8 Å². The van der Waals surface area contributed by atoms with Crippen LogP contribution in [0.1, 0.15) is 18.2 Å². The lowest BCUT2D eigenvalue weighted by Crippen LogP contribution is -2.00. The molecule has 10 heavy (non-hydrogen) atoms. The summed E-state index contributed by atoms with van der Waals surface area (Å²) in [4.78, 5) is 3.19. The molecule has 1 aromatic rings. The zero-order chi connectivity index (χ0) is 6.97. The molecule has 1 nitrogen and oxygen atoms in total. The highest BCUT2D eigenvalue weighted by Gasteiger charge is 2.08. The lowest BCUT2D eigenvalue weighted by atomic mass is 9.96. The Bertz CT molecular complexity index is 257. The van der Waals surface area contributed by atoms with Gasteiger partial charge in [-0.3, -0.25) is 0 Å². The third-order valence-electron chi connectivity index (χ3n) is 2.00. The lowest BCUT2D eigenvalue weighted by Gasteiger charge is -2.10. The summed E-state index contributed by atoms with van der Waals surface area (Å²) in [5.74, 6) is 0.711. The van der Waals surface area contributed by atoms with Gasteiger partial charge in [-0.1, -0.05) is 13.0 Å². The van der Waals surface area contributed by atoms with Gasteiger partial charge in [-0.15, -0.1) is 0 Å². The van der Waals surface area contributed by atoms with Gasteiger partial charge in [0.25, 0.3) is 0 Å². The Kier molecular flexibility index (Phi) is 1.16. The topological polar surface area (TPSA) is 15.8 Å². The molecule has 0 saturated heterocycles. The molecule has 1 aliphatic carbocycles. The summed E-state index contributed by atoms with van der Waals surface area (Å²) in [5.41, 5.74) is 2.74. The molecule has 52 valence electrons. The second-order valence-electron chi connectivity index (χ2n) is 2.96. The maximum Gasteiger partial charge on any atom is 0.0409 e. The predicted molar refractivity (Wildman–Crippen MR) is 42.7 cm³/mol. The number of aromatic nitrogens is 1. The second kappa shape index (κ2) is 2.01. The van der Waals surface area contributed by atoms with Crippen LogP contribution in [0.15, 0.2) is 18.3 Å². The average molecular weight is 133 g/mol. The van der Waals surface area contributed by atoms with E-state index >= 15 is 0 Å². The summed E-state index contributed by atoms with van der Waals surface area (Å²) in [5, 5.41) is 0. The molecule has 0 fully saturated rings. The van der Waals surface area contributed by atoms with E-state index in [4.69, 9.17) is 0 Å². The number of H-pyrrole nitrogens is 1. The van der Waals surface area contributed by atoms with E-state index in [-0.39, 0.29) is 0 Å². The van der Waals surface area contributed by atoms with E-state index in [1.807, 2.05) is 6.20 Å². The maximum absolute atomic E-state index is 3.19. The molecule has 1 atom stereocenters. The Morgan fingerprint density at radius 2 is 2.50 bits per heavy atom. The number of rotatable bonds is 0. The third kappa shape index (κ3) is 0.783. The molecule has 1 heterocycles. The van der Waals surface area contributed by atoms with Crippen LogP contribution in [0.5, 0.6) is 0 Å². The smallest absolute Gasteiger partial charge is 0.0409 e. The third-order valence-corrected chi connectivity index (χ3v) is 2.00. The number of nitrogens with one attached hydrogen (secondary N) is 1. The van der Waals surface area contributed by atoms with Crippen LogP contribution in [-0.2, 0) is 6.42 Å². The highest BCUT2D eigenvalue weighted by Crippen LogP contribution is 2.20. The fourth-order valence-electron chi connectivity index (χ4n) is 1.42. The summed E-state index contributed by atoms with van der Waals surface area (Å²) < 4.78 is 0. The quantitative estimate of drug-likeness (QED) is 0.558. The first-order valence-corrected chi connectivity index (χ1v) is 3.71. The van der Waals surface area contributed by atoms with Crippen LogP contribution in [0.3, 0.4) is 0 Å². The van der Waals surface area contributed by atoms with Gasteiger partial charge in [0.2, 0.25) is 0 Å². The fraction of sp³-hybridized carbons (Fsp3) is 0.333. The molecule has 1 aromatic heterocycles. The van der Waals surface area contributed by atoms with Crippen LogP contribution in [0.4, 0.5) is 0 Å². The Morgan fingerprint density at radius 3 is 3.40 bits per heavy atom. The minimum atomic E-state index is 0.711. The van der Waals surface area contributed by atoms with E-state index in [9.17, 15) is 0 Å². The number of aromatic amines is 1. The average Bonchev–Trinajstić information content (AvgIpc) is 2.33. The van der Waals surface area contributed by atoms with Crippen LogP contribution in [-0.4, -0.2) is 4.98 Å². The van der Waals surface area contributed by atoms with Gasteiger partial charge in [-0.05, 0) is 30.0 Å². The van der Waals surface area contributed by atoms with Gasteiger partial charge < -0.3 is 4.98 Å². The molecule has 1 unspecified atom stereocenters. The van der Waals surface area contributed by atoms with Gasteiger partial charge in [0.15, 0.2) is 0 Å². The van der Waals surface area contributed by atoms with Gasteiger partial charge in [0.1, 0.15) is 0 Å². The van der Waals surface area contributed by atoms with E-state index in [0.29, 0.717) is 5.92 Å². The standard InChI is InChI=1S/C9H11N/c1-7-2-3-9-8(6-7)4-5-10-9/h2-5,7,10H,6H2,1H3. The van der Waals surface area contributed by atoms with E-state index < -0.39 is 0 Å². The van der Waals surface area contributed by atoms with Crippen molar-refractivity contribution in [3.63, 3.8) is 0 Å².